The van der Waals surface area contributed by atoms with Gasteiger partial charge >= 0.3 is 6.18 Å². The number of halogens is 4. The third-order valence-corrected chi connectivity index (χ3v) is 5.48. The average Bonchev–Trinajstić information content (AvgIpc) is 2.91. The summed E-state index contributed by atoms with van der Waals surface area (Å²) in [5.74, 6) is 0.442. The summed E-state index contributed by atoms with van der Waals surface area (Å²) in [5.41, 5.74) is 2.81. The molecular formula is C24H25ClF3N3. The van der Waals surface area contributed by atoms with Gasteiger partial charge in [0.1, 0.15) is 11.0 Å². The van der Waals surface area contributed by atoms with Gasteiger partial charge in [0.05, 0.1) is 11.3 Å². The lowest BCUT2D eigenvalue weighted by atomic mass is 10.1. The fourth-order valence-corrected chi connectivity index (χ4v) is 4.01. The highest BCUT2D eigenvalue weighted by Crippen LogP contribution is 2.30. The molecule has 31 heavy (non-hydrogen) atoms. The second kappa shape index (κ2) is 10.2. The second-order valence-electron chi connectivity index (χ2n) is 7.48. The second-order valence-corrected chi connectivity index (χ2v) is 7.84. The van der Waals surface area contributed by atoms with Crippen LogP contribution in [0, 0.1) is 0 Å². The number of aromatic nitrogens is 2. The van der Waals surface area contributed by atoms with Crippen LogP contribution in [0.4, 0.5) is 13.2 Å². The van der Waals surface area contributed by atoms with E-state index < -0.39 is 11.7 Å². The van der Waals surface area contributed by atoms with Crippen LogP contribution in [0.5, 0.6) is 0 Å². The Morgan fingerprint density at radius 2 is 2.00 bits per heavy atom. The molecule has 1 aliphatic rings. The quantitative estimate of drug-likeness (QED) is 0.412. The Balaban J connectivity index is 1.77. The lowest BCUT2D eigenvalue weighted by Crippen LogP contribution is -2.28. The van der Waals surface area contributed by atoms with Crippen molar-refractivity contribution in [2.75, 3.05) is 19.6 Å². The van der Waals surface area contributed by atoms with Crippen LogP contribution in [0.25, 0.3) is 0 Å². The number of hydrogen-bond donors (Lipinski definition) is 0. The van der Waals surface area contributed by atoms with Crippen molar-refractivity contribution in [1.82, 2.24) is 14.9 Å². The summed E-state index contributed by atoms with van der Waals surface area (Å²) in [6.45, 7) is 8.20. The van der Waals surface area contributed by atoms with Crippen LogP contribution in [-0.4, -0.2) is 34.5 Å². The molecule has 0 aliphatic carbocycles. The minimum absolute atomic E-state index is 0.203. The Kier molecular flexibility index (Phi) is 7.68. The summed E-state index contributed by atoms with van der Waals surface area (Å²) in [6, 6.07) is 5.25. The number of rotatable bonds is 6. The zero-order chi connectivity index (χ0) is 22.4. The van der Waals surface area contributed by atoms with Crippen LogP contribution in [0.3, 0.4) is 0 Å². The molecular weight excluding hydrogens is 423 g/mol. The van der Waals surface area contributed by atoms with Crippen molar-refractivity contribution < 1.29 is 13.2 Å². The van der Waals surface area contributed by atoms with E-state index in [2.05, 4.69) is 27.5 Å². The van der Waals surface area contributed by atoms with E-state index in [9.17, 15) is 13.2 Å². The van der Waals surface area contributed by atoms with E-state index >= 15 is 0 Å². The van der Waals surface area contributed by atoms with Crippen molar-refractivity contribution in [3.05, 3.63) is 94.1 Å². The van der Waals surface area contributed by atoms with E-state index in [4.69, 9.17) is 11.6 Å². The summed E-state index contributed by atoms with van der Waals surface area (Å²) in [5, 5.41) is 0.393. The Morgan fingerprint density at radius 3 is 2.71 bits per heavy atom. The highest BCUT2D eigenvalue weighted by molar-refractivity contribution is 6.30. The number of fused-ring (bicyclic) bond motifs is 1. The molecule has 3 nitrogen and oxygen atoms in total. The Hall–Kier alpha value is -2.44. The molecule has 0 saturated carbocycles. The molecule has 0 unspecified atom stereocenters. The predicted octanol–water partition coefficient (Wildman–Crippen LogP) is 5.83. The van der Waals surface area contributed by atoms with Gasteiger partial charge in [-0.2, -0.15) is 13.2 Å². The van der Waals surface area contributed by atoms with Crippen LogP contribution in [0.15, 0.2) is 60.7 Å². The van der Waals surface area contributed by atoms with E-state index in [1.807, 2.05) is 19.1 Å². The molecule has 0 spiro atoms. The van der Waals surface area contributed by atoms with Gasteiger partial charge in [-0.3, -0.25) is 4.90 Å². The molecule has 7 heteroatoms. The zero-order valence-corrected chi connectivity index (χ0v) is 18.2. The normalized spacial score (nSPS) is 15.7. The molecule has 3 rings (SSSR count). The first kappa shape index (κ1) is 23.2. The predicted molar refractivity (Wildman–Crippen MR) is 118 cm³/mol. The van der Waals surface area contributed by atoms with Crippen LogP contribution < -0.4 is 0 Å². The van der Waals surface area contributed by atoms with Gasteiger partial charge < -0.3 is 0 Å². The van der Waals surface area contributed by atoms with Crippen molar-refractivity contribution in [1.29, 1.82) is 0 Å². The molecule has 0 N–H and O–H groups in total. The third-order valence-electron chi connectivity index (χ3n) is 5.17. The van der Waals surface area contributed by atoms with E-state index in [0.29, 0.717) is 23.0 Å². The van der Waals surface area contributed by atoms with Crippen molar-refractivity contribution in [2.45, 2.75) is 32.4 Å². The van der Waals surface area contributed by atoms with Crippen molar-refractivity contribution >= 4 is 11.6 Å². The first-order valence-corrected chi connectivity index (χ1v) is 10.5. The van der Waals surface area contributed by atoms with Gasteiger partial charge in [-0.1, -0.05) is 60.7 Å². The first-order chi connectivity index (χ1) is 14.8. The molecule has 2 heterocycles. The maximum atomic E-state index is 13.0. The third kappa shape index (κ3) is 6.28. The van der Waals surface area contributed by atoms with Crippen LogP contribution >= 0.6 is 11.6 Å². The zero-order valence-electron chi connectivity index (χ0n) is 17.4. The van der Waals surface area contributed by atoms with Gasteiger partial charge in [0.2, 0.25) is 0 Å². The number of benzene rings is 1. The molecule has 2 aromatic rings. The van der Waals surface area contributed by atoms with E-state index in [0.717, 1.165) is 49.4 Å². The van der Waals surface area contributed by atoms with Gasteiger partial charge in [0.15, 0.2) is 0 Å². The maximum absolute atomic E-state index is 13.0. The highest BCUT2D eigenvalue weighted by Gasteiger charge is 2.30. The Bertz CT molecular complexity index is 996. The van der Waals surface area contributed by atoms with Gasteiger partial charge in [-0.25, -0.2) is 9.97 Å². The smallest absolute Gasteiger partial charge is 0.298 e. The molecule has 164 valence electrons. The average molecular weight is 448 g/mol. The highest BCUT2D eigenvalue weighted by atomic mass is 35.5. The summed E-state index contributed by atoms with van der Waals surface area (Å²) < 4.78 is 39.0. The van der Waals surface area contributed by atoms with E-state index in [-0.39, 0.29) is 6.42 Å². The largest absolute Gasteiger partial charge is 0.416 e. The number of nitrogens with zero attached hydrogens (tertiary/aromatic N) is 3. The van der Waals surface area contributed by atoms with Crippen LogP contribution in [0.2, 0.25) is 5.15 Å². The number of allylic oxidation sites excluding steroid dienone is 3. The lowest BCUT2D eigenvalue weighted by Gasteiger charge is -2.20. The maximum Gasteiger partial charge on any atom is 0.416 e. The molecule has 0 bridgehead atoms. The Labute approximate surface area is 186 Å². The lowest BCUT2D eigenvalue weighted by molar-refractivity contribution is -0.137. The topological polar surface area (TPSA) is 29.0 Å². The van der Waals surface area contributed by atoms with Crippen molar-refractivity contribution in [3.8, 4) is 0 Å². The number of hydrogen-bond acceptors (Lipinski definition) is 3. The molecule has 1 aromatic heterocycles. The summed E-state index contributed by atoms with van der Waals surface area (Å²) >= 11 is 6.46. The van der Waals surface area contributed by atoms with Gasteiger partial charge in [0, 0.05) is 38.0 Å². The standard InChI is InChI=1S/C24H25ClF3N3/c1-3-6-17(7-4-2)16-31-12-10-20-21(11-13-31)29-22(30-23(20)25)15-18-8-5-9-19(14-18)24(26,27)28/h3-9,14H,1,10-13,15-16H2,2H3/b7-4-,17-6+. The molecule has 1 aromatic carbocycles. The number of alkyl halides is 3. The van der Waals surface area contributed by atoms with Gasteiger partial charge in [-0.05, 0) is 30.5 Å². The minimum atomic E-state index is -4.38. The summed E-state index contributed by atoms with van der Waals surface area (Å²) in [7, 11) is 0. The van der Waals surface area contributed by atoms with E-state index in [1.54, 1.807) is 12.1 Å². The van der Waals surface area contributed by atoms with Crippen molar-refractivity contribution in [2.24, 2.45) is 0 Å². The van der Waals surface area contributed by atoms with Crippen molar-refractivity contribution in [3.63, 3.8) is 0 Å². The summed E-state index contributed by atoms with van der Waals surface area (Å²) in [4.78, 5) is 11.4. The van der Waals surface area contributed by atoms with Crippen LogP contribution in [-0.2, 0) is 25.4 Å². The summed E-state index contributed by atoms with van der Waals surface area (Å²) in [6.07, 6.45) is 5.12. The van der Waals surface area contributed by atoms with Gasteiger partial charge in [-0.15, -0.1) is 0 Å². The Morgan fingerprint density at radius 1 is 1.23 bits per heavy atom. The monoisotopic (exact) mass is 447 g/mol. The SMILES string of the molecule is C=C/C=C(\C=C/C)CN1CCc2nc(Cc3cccc(C(F)(F)F)c3)nc(Cl)c2CC1. The fourth-order valence-electron chi connectivity index (χ4n) is 3.71. The molecule has 0 fully saturated rings. The van der Waals surface area contributed by atoms with E-state index in [1.165, 1.54) is 11.6 Å². The molecule has 0 amide bonds. The molecule has 0 saturated heterocycles. The van der Waals surface area contributed by atoms with Crippen LogP contribution in [0.1, 0.15) is 35.1 Å². The fraction of sp³-hybridized carbons (Fsp3) is 0.333. The van der Waals surface area contributed by atoms with Gasteiger partial charge in [0.25, 0.3) is 0 Å². The molecule has 1 aliphatic heterocycles. The molecule has 0 radical (unpaired) electrons. The minimum Gasteiger partial charge on any atom is -0.298 e. The molecule has 0 atom stereocenters. The first-order valence-electron chi connectivity index (χ1n) is 10.2.